The van der Waals surface area contributed by atoms with Crippen LogP contribution in [-0.4, -0.2) is 15.0 Å². The molecule has 0 N–H and O–H groups in total. The molecular formula is C53H39N3O. The maximum absolute atomic E-state index is 6.11. The summed E-state index contributed by atoms with van der Waals surface area (Å²) in [6, 6.07) is 54.8. The van der Waals surface area contributed by atoms with Gasteiger partial charge in [-0.2, -0.15) is 0 Å². The van der Waals surface area contributed by atoms with E-state index >= 15 is 0 Å². The highest BCUT2D eigenvalue weighted by molar-refractivity contribution is 6.06. The molecule has 0 saturated heterocycles. The van der Waals surface area contributed by atoms with Gasteiger partial charge in [-0.15, -0.1) is 0 Å². The molecule has 0 atom stereocenters. The molecule has 9 aromatic rings. The van der Waals surface area contributed by atoms with Gasteiger partial charge < -0.3 is 4.42 Å². The van der Waals surface area contributed by atoms with Crippen molar-refractivity contribution in [2.75, 3.05) is 0 Å². The standard InChI is InChI=1S/C53H39N3O/c1-2-8-34(9-3-1)50-54-51(35-16-14-33(15-17-35)38-19-21-49-45(28-38)43-12-6-7-13-48(43)57-49)56-52(55-50)39-18-20-42-44-27-36-10-4-5-11-37(36)29-47(44)53(46(42)30-39)40-23-31-22-32(25-40)26-41(53)24-31/h1-21,27-32,40-41H,22-26H2. The molecule has 0 aliphatic heterocycles. The van der Waals surface area contributed by atoms with E-state index in [0.717, 1.165) is 67.4 Å². The van der Waals surface area contributed by atoms with E-state index in [0.29, 0.717) is 23.5 Å². The van der Waals surface area contributed by atoms with E-state index < -0.39 is 0 Å². The number of furan rings is 1. The van der Waals surface area contributed by atoms with Crippen molar-refractivity contribution in [1.82, 2.24) is 15.0 Å². The molecule has 57 heavy (non-hydrogen) atoms. The van der Waals surface area contributed by atoms with E-state index in [2.05, 4.69) is 133 Å². The second kappa shape index (κ2) is 11.8. The van der Waals surface area contributed by atoms with Gasteiger partial charge >= 0.3 is 0 Å². The van der Waals surface area contributed by atoms with Crippen molar-refractivity contribution in [2.45, 2.75) is 37.5 Å². The second-order valence-electron chi connectivity index (χ2n) is 17.2. The smallest absolute Gasteiger partial charge is 0.164 e. The molecule has 4 heteroatoms. The highest BCUT2D eigenvalue weighted by Gasteiger charge is 2.61. The minimum absolute atomic E-state index is 0.0395. The van der Waals surface area contributed by atoms with Crippen molar-refractivity contribution >= 4 is 32.7 Å². The maximum Gasteiger partial charge on any atom is 0.164 e. The van der Waals surface area contributed by atoms with E-state index in [-0.39, 0.29) is 5.41 Å². The first-order valence-corrected chi connectivity index (χ1v) is 20.7. The summed E-state index contributed by atoms with van der Waals surface area (Å²) in [5.74, 6) is 5.21. The summed E-state index contributed by atoms with van der Waals surface area (Å²) >= 11 is 0. The molecule has 4 saturated carbocycles. The Kier molecular flexibility index (Phi) is 6.59. The first-order valence-electron chi connectivity index (χ1n) is 20.7. The highest BCUT2D eigenvalue weighted by Crippen LogP contribution is 2.69. The fourth-order valence-corrected chi connectivity index (χ4v) is 12.1. The van der Waals surface area contributed by atoms with E-state index in [4.69, 9.17) is 19.4 Å². The van der Waals surface area contributed by atoms with Crippen LogP contribution in [-0.2, 0) is 5.41 Å². The third-order valence-corrected chi connectivity index (χ3v) is 14.3. The van der Waals surface area contributed by atoms with E-state index in [1.807, 2.05) is 18.2 Å². The van der Waals surface area contributed by atoms with Gasteiger partial charge in [-0.05, 0) is 136 Å². The zero-order chi connectivity index (χ0) is 37.2. The average molecular weight is 734 g/mol. The van der Waals surface area contributed by atoms with Crippen LogP contribution >= 0.6 is 0 Å². The molecule has 0 amide bonds. The fraction of sp³-hybridized carbons (Fsp3) is 0.189. The van der Waals surface area contributed by atoms with E-state index in [1.54, 1.807) is 5.56 Å². The Bertz CT molecular complexity index is 3060. The van der Waals surface area contributed by atoms with Crippen LogP contribution in [0.4, 0.5) is 0 Å². The minimum atomic E-state index is 0.0395. The number of aromatic nitrogens is 3. The maximum atomic E-state index is 6.11. The topological polar surface area (TPSA) is 51.8 Å². The second-order valence-corrected chi connectivity index (χ2v) is 17.2. The predicted molar refractivity (Wildman–Crippen MR) is 230 cm³/mol. The molecular weight excluding hydrogens is 695 g/mol. The molecule has 0 radical (unpaired) electrons. The molecule has 272 valence electrons. The van der Waals surface area contributed by atoms with Crippen LogP contribution in [0.2, 0.25) is 0 Å². The van der Waals surface area contributed by atoms with Crippen LogP contribution in [0.5, 0.6) is 0 Å². The first-order chi connectivity index (χ1) is 28.2. The minimum Gasteiger partial charge on any atom is -0.456 e. The van der Waals surface area contributed by atoms with Crippen LogP contribution in [0.15, 0.2) is 156 Å². The summed E-state index contributed by atoms with van der Waals surface area (Å²) in [6.07, 6.45) is 6.83. The SMILES string of the molecule is c1ccc(-c2nc(-c3ccc(-c4ccc5oc6ccccc6c5c4)cc3)nc(-c3ccc4c(c3)C3(c5cc6ccccc6cc5-4)C4CC5CC(C4)CC3C5)n2)cc1. The van der Waals surface area contributed by atoms with Crippen molar-refractivity contribution in [2.24, 2.45) is 23.7 Å². The van der Waals surface area contributed by atoms with Gasteiger partial charge in [0.05, 0.1) is 0 Å². The third-order valence-electron chi connectivity index (χ3n) is 14.3. The Morgan fingerprint density at radius 3 is 1.72 bits per heavy atom. The first kappa shape index (κ1) is 31.8. The van der Waals surface area contributed by atoms with Gasteiger partial charge in [-0.25, -0.2) is 15.0 Å². The third kappa shape index (κ3) is 4.64. The number of hydrogen-bond acceptors (Lipinski definition) is 4. The number of rotatable bonds is 4. The van der Waals surface area contributed by atoms with Gasteiger partial charge in [0, 0.05) is 32.9 Å². The van der Waals surface area contributed by atoms with Crippen LogP contribution in [0, 0.1) is 23.7 Å². The monoisotopic (exact) mass is 733 g/mol. The van der Waals surface area contributed by atoms with Crippen LogP contribution in [0.3, 0.4) is 0 Å². The van der Waals surface area contributed by atoms with Crippen molar-refractivity contribution in [3.05, 3.63) is 163 Å². The van der Waals surface area contributed by atoms with E-state index in [1.165, 1.54) is 59.6 Å². The van der Waals surface area contributed by atoms with Crippen molar-refractivity contribution in [1.29, 1.82) is 0 Å². The van der Waals surface area contributed by atoms with Crippen molar-refractivity contribution in [3.63, 3.8) is 0 Å². The van der Waals surface area contributed by atoms with Gasteiger partial charge in [0.1, 0.15) is 11.2 Å². The van der Waals surface area contributed by atoms with Gasteiger partial charge in [-0.1, -0.05) is 115 Å². The van der Waals surface area contributed by atoms with Crippen molar-refractivity contribution < 1.29 is 4.42 Å². The molecule has 2 aromatic heterocycles. The number of benzene rings is 7. The zero-order valence-electron chi connectivity index (χ0n) is 31.5. The van der Waals surface area contributed by atoms with Crippen LogP contribution in [0.25, 0.3) is 89.1 Å². The Morgan fingerprint density at radius 2 is 0.965 bits per heavy atom. The van der Waals surface area contributed by atoms with Gasteiger partial charge in [0.15, 0.2) is 17.5 Å². The summed E-state index contributed by atoms with van der Waals surface area (Å²) < 4.78 is 6.11. The molecule has 5 aliphatic carbocycles. The lowest BCUT2D eigenvalue weighted by molar-refractivity contribution is -0.0398. The summed E-state index contributed by atoms with van der Waals surface area (Å²) in [7, 11) is 0. The fourth-order valence-electron chi connectivity index (χ4n) is 12.1. The molecule has 7 aromatic carbocycles. The number of para-hydroxylation sites is 1. The summed E-state index contributed by atoms with van der Waals surface area (Å²) in [5.41, 5.74) is 13.1. The average Bonchev–Trinajstić information content (AvgIpc) is 3.77. The summed E-state index contributed by atoms with van der Waals surface area (Å²) in [6.45, 7) is 0. The molecule has 0 unspecified atom stereocenters. The number of nitrogens with zero attached hydrogens (tertiary/aromatic N) is 3. The quantitative estimate of drug-likeness (QED) is 0.181. The highest BCUT2D eigenvalue weighted by atomic mass is 16.3. The molecule has 4 bridgehead atoms. The van der Waals surface area contributed by atoms with E-state index in [9.17, 15) is 0 Å². The predicted octanol–water partition coefficient (Wildman–Crippen LogP) is 13.3. The Balaban J connectivity index is 0.948. The summed E-state index contributed by atoms with van der Waals surface area (Å²) in [4.78, 5) is 15.6. The lowest BCUT2D eigenvalue weighted by Gasteiger charge is -2.61. The molecule has 4 nitrogen and oxygen atoms in total. The van der Waals surface area contributed by atoms with Gasteiger partial charge in [-0.3, -0.25) is 0 Å². The Morgan fingerprint density at radius 1 is 0.404 bits per heavy atom. The number of fused-ring (bicyclic) bond motifs is 7. The normalized spacial score (nSPS) is 22.8. The van der Waals surface area contributed by atoms with Gasteiger partial charge in [0.25, 0.3) is 0 Å². The van der Waals surface area contributed by atoms with Crippen LogP contribution in [0.1, 0.15) is 43.2 Å². The zero-order valence-corrected chi connectivity index (χ0v) is 31.5. The van der Waals surface area contributed by atoms with Crippen molar-refractivity contribution in [3.8, 4) is 56.4 Å². The molecule has 2 heterocycles. The molecule has 4 fully saturated rings. The molecule has 1 spiro atoms. The number of hydrogen-bond donors (Lipinski definition) is 0. The van der Waals surface area contributed by atoms with Crippen LogP contribution < -0.4 is 0 Å². The molecule has 14 rings (SSSR count). The van der Waals surface area contributed by atoms with Gasteiger partial charge in [0.2, 0.25) is 0 Å². The lowest BCUT2D eigenvalue weighted by Crippen LogP contribution is -2.55. The Labute approximate surface area is 331 Å². The molecule has 5 aliphatic rings. The lowest BCUT2D eigenvalue weighted by atomic mass is 9.43. The summed E-state index contributed by atoms with van der Waals surface area (Å²) in [5, 5.41) is 4.94. The largest absolute Gasteiger partial charge is 0.456 e. The Hall–Kier alpha value is -6.39.